The van der Waals surface area contributed by atoms with Crippen molar-refractivity contribution in [1.82, 2.24) is 29.1 Å². The van der Waals surface area contributed by atoms with Gasteiger partial charge in [-0.25, -0.2) is 9.97 Å². The van der Waals surface area contributed by atoms with E-state index >= 15 is 0 Å². The fourth-order valence-electron chi connectivity index (χ4n) is 3.41. The molecule has 0 saturated carbocycles. The van der Waals surface area contributed by atoms with Gasteiger partial charge in [0.2, 0.25) is 0 Å². The van der Waals surface area contributed by atoms with E-state index in [2.05, 4.69) is 42.1 Å². The summed E-state index contributed by atoms with van der Waals surface area (Å²) < 4.78 is 3.81. The van der Waals surface area contributed by atoms with Crippen molar-refractivity contribution >= 4 is 11.6 Å². The summed E-state index contributed by atoms with van der Waals surface area (Å²) in [7, 11) is 0. The van der Waals surface area contributed by atoms with Crippen molar-refractivity contribution in [3.8, 4) is 16.9 Å². The van der Waals surface area contributed by atoms with Gasteiger partial charge < -0.3 is 9.88 Å². The minimum Gasteiger partial charge on any atom is -0.366 e. The minimum absolute atomic E-state index is 0.563. The predicted molar refractivity (Wildman–Crippen MR) is 112 cm³/mol. The summed E-state index contributed by atoms with van der Waals surface area (Å²) in [5.41, 5.74) is 4.14. The Labute approximate surface area is 167 Å². The topological polar surface area (TPSA) is 72.9 Å². The van der Waals surface area contributed by atoms with Crippen molar-refractivity contribution in [2.75, 3.05) is 5.32 Å². The number of benzene rings is 2. The van der Waals surface area contributed by atoms with Crippen LogP contribution in [0.5, 0.6) is 0 Å². The molecule has 0 aliphatic rings. The maximum Gasteiger partial charge on any atom is 0.254 e. The highest BCUT2D eigenvalue weighted by atomic mass is 15.3. The van der Waals surface area contributed by atoms with E-state index in [4.69, 9.17) is 0 Å². The third-order valence-corrected chi connectivity index (χ3v) is 4.86. The number of nitrogens with zero attached hydrogens (tertiary/aromatic N) is 6. The van der Waals surface area contributed by atoms with Gasteiger partial charge >= 0.3 is 0 Å². The average Bonchev–Trinajstić information content (AvgIpc) is 3.41. The first-order chi connectivity index (χ1) is 14.3. The van der Waals surface area contributed by atoms with Crippen molar-refractivity contribution in [3.05, 3.63) is 90.8 Å². The summed E-state index contributed by atoms with van der Waals surface area (Å²) in [5.74, 6) is 2.35. The number of imidazole rings is 1. The lowest BCUT2D eigenvalue weighted by atomic mass is 10.1. The third-order valence-electron chi connectivity index (χ3n) is 4.86. The van der Waals surface area contributed by atoms with Gasteiger partial charge in [0, 0.05) is 30.6 Å². The Balaban J connectivity index is 1.51. The number of aryl methyl sites for hydroxylation is 1. The molecule has 0 aliphatic carbocycles. The smallest absolute Gasteiger partial charge is 0.254 e. The Morgan fingerprint density at radius 1 is 0.966 bits per heavy atom. The Kier molecular flexibility index (Phi) is 4.25. The van der Waals surface area contributed by atoms with E-state index < -0.39 is 0 Å². The van der Waals surface area contributed by atoms with E-state index in [-0.39, 0.29) is 0 Å². The number of nitrogens with one attached hydrogen (secondary N) is 1. The van der Waals surface area contributed by atoms with Crippen LogP contribution in [0.2, 0.25) is 0 Å². The third kappa shape index (κ3) is 3.23. The van der Waals surface area contributed by atoms with Crippen LogP contribution in [0.4, 0.5) is 5.82 Å². The van der Waals surface area contributed by atoms with E-state index in [0.717, 1.165) is 34.2 Å². The summed E-state index contributed by atoms with van der Waals surface area (Å²) in [6, 6.07) is 20.4. The van der Waals surface area contributed by atoms with E-state index in [9.17, 15) is 0 Å². The van der Waals surface area contributed by atoms with Gasteiger partial charge in [-0.1, -0.05) is 48.5 Å². The number of anilines is 1. The largest absolute Gasteiger partial charge is 0.366 e. The molecule has 2 aromatic carbocycles. The number of aromatic nitrogens is 6. The summed E-state index contributed by atoms with van der Waals surface area (Å²) in [6.07, 6.45) is 5.31. The van der Waals surface area contributed by atoms with Crippen LogP contribution in [0.15, 0.2) is 79.4 Å². The second-order valence-corrected chi connectivity index (χ2v) is 6.69. The van der Waals surface area contributed by atoms with E-state index in [0.29, 0.717) is 12.3 Å². The molecule has 29 heavy (non-hydrogen) atoms. The van der Waals surface area contributed by atoms with E-state index in [1.54, 1.807) is 4.52 Å². The van der Waals surface area contributed by atoms with Crippen LogP contribution in [0.1, 0.15) is 11.4 Å². The van der Waals surface area contributed by atoms with Crippen LogP contribution in [0, 0.1) is 6.92 Å². The molecule has 7 heteroatoms. The molecule has 0 bridgehead atoms. The SMILES string of the molecule is Cc1nccn1-c1ccccc1CNc1cc(-c2ccccc2)nc2ncnn12. The molecule has 5 rings (SSSR count). The number of rotatable bonds is 5. The highest BCUT2D eigenvalue weighted by Crippen LogP contribution is 2.23. The van der Waals surface area contributed by atoms with Crippen LogP contribution in [-0.2, 0) is 6.54 Å². The second-order valence-electron chi connectivity index (χ2n) is 6.69. The van der Waals surface area contributed by atoms with Gasteiger partial charge in [0.15, 0.2) is 0 Å². The van der Waals surface area contributed by atoms with Crippen molar-refractivity contribution in [2.45, 2.75) is 13.5 Å². The Morgan fingerprint density at radius 2 is 1.79 bits per heavy atom. The molecule has 0 saturated heterocycles. The fourth-order valence-corrected chi connectivity index (χ4v) is 3.41. The van der Waals surface area contributed by atoms with Gasteiger partial charge in [-0.2, -0.15) is 14.6 Å². The van der Waals surface area contributed by atoms with Gasteiger partial charge in [0.1, 0.15) is 18.0 Å². The zero-order valence-corrected chi connectivity index (χ0v) is 15.9. The lowest BCUT2D eigenvalue weighted by Crippen LogP contribution is -2.09. The summed E-state index contributed by atoms with van der Waals surface area (Å²) >= 11 is 0. The van der Waals surface area contributed by atoms with Gasteiger partial charge in [-0.3, -0.25) is 0 Å². The standard InChI is InChI=1S/C22H19N7/c1-16-23-11-12-28(16)20-10-6-5-9-18(20)14-24-21-13-19(17-7-3-2-4-8-17)27-22-25-15-26-29(21)22/h2-13,15,24H,14H2,1H3. The number of hydrogen-bond donors (Lipinski definition) is 1. The zero-order valence-electron chi connectivity index (χ0n) is 15.9. The highest BCUT2D eigenvalue weighted by Gasteiger charge is 2.11. The van der Waals surface area contributed by atoms with E-state index in [1.165, 1.54) is 6.33 Å². The molecule has 3 aromatic heterocycles. The van der Waals surface area contributed by atoms with Gasteiger partial charge in [-0.15, -0.1) is 0 Å². The molecule has 3 heterocycles. The normalized spacial score (nSPS) is 11.1. The molecule has 1 N–H and O–H groups in total. The first kappa shape index (κ1) is 17.1. The molecule has 0 spiro atoms. The molecule has 0 aliphatic heterocycles. The lowest BCUT2D eigenvalue weighted by molar-refractivity contribution is 0.914. The predicted octanol–water partition coefficient (Wildman–Crippen LogP) is 3.90. The van der Waals surface area contributed by atoms with Crippen LogP contribution < -0.4 is 5.32 Å². The molecule has 7 nitrogen and oxygen atoms in total. The molecular weight excluding hydrogens is 362 g/mol. The Morgan fingerprint density at radius 3 is 2.62 bits per heavy atom. The molecule has 142 valence electrons. The van der Waals surface area contributed by atoms with Crippen molar-refractivity contribution < 1.29 is 0 Å². The highest BCUT2D eigenvalue weighted by molar-refractivity contribution is 5.65. The van der Waals surface area contributed by atoms with Crippen molar-refractivity contribution in [1.29, 1.82) is 0 Å². The van der Waals surface area contributed by atoms with Crippen molar-refractivity contribution in [3.63, 3.8) is 0 Å². The molecule has 0 radical (unpaired) electrons. The Bertz CT molecular complexity index is 1270. The van der Waals surface area contributed by atoms with Crippen molar-refractivity contribution in [2.24, 2.45) is 0 Å². The van der Waals surface area contributed by atoms with Crippen LogP contribution in [0.25, 0.3) is 22.7 Å². The summed E-state index contributed by atoms with van der Waals surface area (Å²) in [5, 5.41) is 7.83. The number of fused-ring (bicyclic) bond motifs is 1. The average molecular weight is 381 g/mol. The van der Waals surface area contributed by atoms with Gasteiger partial charge in [0.25, 0.3) is 5.78 Å². The lowest BCUT2D eigenvalue weighted by Gasteiger charge is -2.14. The quantitative estimate of drug-likeness (QED) is 0.500. The maximum absolute atomic E-state index is 4.63. The van der Waals surface area contributed by atoms with Gasteiger partial charge in [-0.05, 0) is 18.6 Å². The monoisotopic (exact) mass is 381 g/mol. The van der Waals surface area contributed by atoms with E-state index in [1.807, 2.05) is 67.8 Å². The fraction of sp³-hybridized carbons (Fsp3) is 0.0909. The molecule has 0 atom stereocenters. The van der Waals surface area contributed by atoms with Crippen LogP contribution >= 0.6 is 0 Å². The van der Waals surface area contributed by atoms with Gasteiger partial charge in [0.05, 0.1) is 11.4 Å². The second kappa shape index (κ2) is 7.20. The molecule has 0 amide bonds. The summed E-state index contributed by atoms with van der Waals surface area (Å²) in [4.78, 5) is 13.3. The molecule has 0 unspecified atom stereocenters. The van der Waals surface area contributed by atoms with Crippen LogP contribution in [-0.4, -0.2) is 29.1 Å². The minimum atomic E-state index is 0.563. The van der Waals surface area contributed by atoms with Crippen LogP contribution in [0.3, 0.4) is 0 Å². The first-order valence-corrected chi connectivity index (χ1v) is 9.38. The molecule has 0 fully saturated rings. The Hall–Kier alpha value is -4.00. The number of para-hydroxylation sites is 1. The number of hydrogen-bond acceptors (Lipinski definition) is 5. The first-order valence-electron chi connectivity index (χ1n) is 9.38. The maximum atomic E-state index is 4.63. The molecular formula is C22H19N7. The molecule has 5 aromatic rings. The summed E-state index contributed by atoms with van der Waals surface area (Å²) in [6.45, 7) is 2.62. The zero-order chi connectivity index (χ0) is 19.6.